The number of carbonyl (C=O) groups excluding carboxylic acids is 1. The van der Waals surface area contributed by atoms with Gasteiger partial charge in [0, 0.05) is 22.5 Å². The topological polar surface area (TPSA) is 29.1 Å². The van der Waals surface area contributed by atoms with E-state index in [9.17, 15) is 4.79 Å². The fraction of sp³-hybridized carbons (Fsp3) is 0.300. The number of amides is 1. The van der Waals surface area contributed by atoms with Crippen molar-refractivity contribution < 1.29 is 4.79 Å². The first-order valence-electron chi connectivity index (χ1n) is 4.18. The van der Waals surface area contributed by atoms with Gasteiger partial charge in [-0.2, -0.15) is 0 Å². The van der Waals surface area contributed by atoms with Gasteiger partial charge in [-0.25, -0.2) is 0 Å². The van der Waals surface area contributed by atoms with Crippen molar-refractivity contribution in [2.24, 2.45) is 0 Å². The number of rotatable bonds is 3. The number of nitrogens with one attached hydrogen (secondary N) is 1. The molecule has 1 amide bonds. The minimum atomic E-state index is -0.152. The molecule has 0 spiro atoms. The molecule has 0 unspecified atom stereocenters. The zero-order valence-electron chi connectivity index (χ0n) is 7.51. The van der Waals surface area contributed by atoms with Gasteiger partial charge >= 0.3 is 0 Å². The smallest absolute Gasteiger partial charge is 0.287 e. The van der Waals surface area contributed by atoms with Crippen molar-refractivity contribution in [1.82, 2.24) is 5.32 Å². The molecule has 1 aromatic rings. The lowest BCUT2D eigenvalue weighted by Crippen LogP contribution is -2.19. The summed E-state index contributed by atoms with van der Waals surface area (Å²) < 4.78 is 0. The Morgan fingerprint density at radius 2 is 2.15 bits per heavy atom. The molecule has 2 nitrogen and oxygen atoms in total. The van der Waals surface area contributed by atoms with Crippen LogP contribution in [0, 0.1) is 6.92 Å². The molecule has 0 saturated carbocycles. The molecular weight excluding hydrogens is 230 g/mol. The van der Waals surface area contributed by atoms with Crippen LogP contribution >= 0.6 is 15.9 Å². The Bertz CT molecular complexity index is 299. The van der Waals surface area contributed by atoms with Crippen LogP contribution in [0.4, 0.5) is 4.79 Å². The Morgan fingerprint density at radius 3 is 2.77 bits per heavy atom. The number of hydrogen-bond donors (Lipinski definition) is 1. The van der Waals surface area contributed by atoms with E-state index in [-0.39, 0.29) is 4.82 Å². The van der Waals surface area contributed by atoms with Gasteiger partial charge in [0.2, 0.25) is 0 Å². The van der Waals surface area contributed by atoms with Crippen LogP contribution in [0.15, 0.2) is 24.3 Å². The van der Waals surface area contributed by atoms with Crippen LogP contribution in [0.1, 0.15) is 11.1 Å². The van der Waals surface area contributed by atoms with E-state index in [0.717, 1.165) is 6.42 Å². The number of benzene rings is 1. The standard InChI is InChI=1S/C10H12BrNO/c1-8-4-2-3-5-9(8)6-7-12-10(11)13/h2-5H,6-7H2,1H3,(H,12,13). The Kier molecular flexibility index (Phi) is 3.96. The van der Waals surface area contributed by atoms with E-state index in [4.69, 9.17) is 0 Å². The lowest BCUT2D eigenvalue weighted by Gasteiger charge is -2.04. The van der Waals surface area contributed by atoms with Gasteiger partial charge in [-0.05, 0) is 24.5 Å². The lowest BCUT2D eigenvalue weighted by atomic mass is 10.1. The Labute approximate surface area is 86.5 Å². The molecular formula is C10H12BrNO. The summed E-state index contributed by atoms with van der Waals surface area (Å²) in [5, 5.41) is 2.70. The van der Waals surface area contributed by atoms with E-state index in [1.807, 2.05) is 12.1 Å². The molecule has 0 aliphatic carbocycles. The van der Waals surface area contributed by atoms with Gasteiger partial charge < -0.3 is 5.32 Å². The number of hydrogen-bond acceptors (Lipinski definition) is 1. The van der Waals surface area contributed by atoms with Crippen LogP contribution in [0.5, 0.6) is 0 Å². The van der Waals surface area contributed by atoms with Crippen molar-refractivity contribution in [2.45, 2.75) is 13.3 Å². The molecule has 0 aromatic heterocycles. The zero-order valence-corrected chi connectivity index (χ0v) is 9.10. The second-order valence-corrected chi connectivity index (χ2v) is 3.60. The quantitative estimate of drug-likeness (QED) is 0.640. The molecule has 0 saturated heterocycles. The first-order chi connectivity index (χ1) is 6.20. The molecule has 0 heterocycles. The summed E-state index contributed by atoms with van der Waals surface area (Å²) in [5.74, 6) is 0. The van der Waals surface area contributed by atoms with Crippen LogP contribution < -0.4 is 5.32 Å². The van der Waals surface area contributed by atoms with E-state index >= 15 is 0 Å². The minimum Gasteiger partial charge on any atom is -0.346 e. The van der Waals surface area contributed by atoms with E-state index in [0.29, 0.717) is 6.54 Å². The summed E-state index contributed by atoms with van der Waals surface area (Å²) in [6, 6.07) is 8.18. The second-order valence-electron chi connectivity index (χ2n) is 2.88. The van der Waals surface area contributed by atoms with E-state index in [2.05, 4.69) is 40.3 Å². The minimum absolute atomic E-state index is 0.152. The van der Waals surface area contributed by atoms with Crippen molar-refractivity contribution in [3.63, 3.8) is 0 Å². The van der Waals surface area contributed by atoms with Crippen LogP contribution in [0.2, 0.25) is 0 Å². The molecule has 1 N–H and O–H groups in total. The van der Waals surface area contributed by atoms with Gasteiger partial charge in [0.1, 0.15) is 0 Å². The molecule has 0 radical (unpaired) electrons. The third kappa shape index (κ3) is 3.59. The molecule has 0 aliphatic heterocycles. The van der Waals surface area contributed by atoms with Gasteiger partial charge in [-0.15, -0.1) is 0 Å². The van der Waals surface area contributed by atoms with Gasteiger partial charge in [0.05, 0.1) is 0 Å². The van der Waals surface area contributed by atoms with Crippen molar-refractivity contribution in [3.8, 4) is 0 Å². The van der Waals surface area contributed by atoms with Crippen molar-refractivity contribution in [3.05, 3.63) is 35.4 Å². The summed E-state index contributed by atoms with van der Waals surface area (Å²) in [5.41, 5.74) is 2.55. The highest BCUT2D eigenvalue weighted by Crippen LogP contribution is 2.06. The maximum Gasteiger partial charge on any atom is 0.287 e. The fourth-order valence-corrected chi connectivity index (χ4v) is 1.38. The van der Waals surface area contributed by atoms with Crippen LogP contribution in [0.25, 0.3) is 0 Å². The molecule has 70 valence electrons. The van der Waals surface area contributed by atoms with Gasteiger partial charge in [-0.3, -0.25) is 4.79 Å². The van der Waals surface area contributed by atoms with Crippen molar-refractivity contribution in [2.75, 3.05) is 6.54 Å². The maximum atomic E-state index is 10.5. The average Bonchev–Trinajstić information content (AvgIpc) is 2.08. The maximum absolute atomic E-state index is 10.5. The van der Waals surface area contributed by atoms with E-state index in [1.54, 1.807) is 0 Å². The second kappa shape index (κ2) is 5.02. The first kappa shape index (κ1) is 10.3. The average molecular weight is 242 g/mol. The zero-order chi connectivity index (χ0) is 9.68. The summed E-state index contributed by atoms with van der Waals surface area (Å²) in [6.07, 6.45) is 0.879. The summed E-state index contributed by atoms with van der Waals surface area (Å²) in [6.45, 7) is 2.75. The third-order valence-corrected chi connectivity index (χ3v) is 2.20. The van der Waals surface area contributed by atoms with Crippen molar-refractivity contribution in [1.29, 1.82) is 0 Å². The lowest BCUT2D eigenvalue weighted by molar-refractivity contribution is 0.262. The van der Waals surface area contributed by atoms with Crippen LogP contribution in [-0.2, 0) is 6.42 Å². The van der Waals surface area contributed by atoms with Gasteiger partial charge in [0.15, 0.2) is 0 Å². The molecule has 13 heavy (non-hydrogen) atoms. The van der Waals surface area contributed by atoms with Crippen LogP contribution in [0.3, 0.4) is 0 Å². The highest BCUT2D eigenvalue weighted by Gasteiger charge is 1.97. The van der Waals surface area contributed by atoms with Gasteiger partial charge in [-0.1, -0.05) is 24.3 Å². The van der Waals surface area contributed by atoms with Crippen molar-refractivity contribution >= 4 is 20.7 Å². The van der Waals surface area contributed by atoms with E-state index in [1.165, 1.54) is 11.1 Å². The molecule has 0 bridgehead atoms. The molecule has 1 rings (SSSR count). The molecule has 0 aliphatic rings. The largest absolute Gasteiger partial charge is 0.346 e. The first-order valence-corrected chi connectivity index (χ1v) is 4.97. The molecule has 0 fully saturated rings. The Morgan fingerprint density at radius 1 is 1.46 bits per heavy atom. The summed E-state index contributed by atoms with van der Waals surface area (Å²) in [4.78, 5) is 10.4. The van der Waals surface area contributed by atoms with Crippen LogP contribution in [-0.4, -0.2) is 11.4 Å². The molecule has 0 atom stereocenters. The Balaban J connectivity index is 2.45. The highest BCUT2D eigenvalue weighted by molar-refractivity contribution is 9.18. The Hall–Kier alpha value is -0.830. The van der Waals surface area contributed by atoms with E-state index < -0.39 is 0 Å². The monoisotopic (exact) mass is 241 g/mol. The molecule has 1 aromatic carbocycles. The summed E-state index contributed by atoms with van der Waals surface area (Å²) >= 11 is 2.82. The SMILES string of the molecule is Cc1ccccc1CCNC(=O)Br. The highest BCUT2D eigenvalue weighted by atomic mass is 79.9. The normalized spacial score (nSPS) is 9.69. The predicted molar refractivity (Wildman–Crippen MR) is 57.2 cm³/mol. The predicted octanol–water partition coefficient (Wildman–Crippen LogP) is 2.64. The third-order valence-electron chi connectivity index (χ3n) is 1.92. The fourth-order valence-electron chi connectivity index (χ4n) is 1.19. The number of aryl methyl sites for hydroxylation is 1. The number of carbonyl (C=O) groups is 1. The molecule has 3 heteroatoms. The van der Waals surface area contributed by atoms with Gasteiger partial charge in [0.25, 0.3) is 4.82 Å². The number of halogens is 1. The summed E-state index contributed by atoms with van der Waals surface area (Å²) in [7, 11) is 0.